The molecule has 0 radical (unpaired) electrons. The number of allylic oxidation sites excluding steroid dienone is 2. The Balaban J connectivity index is 3.23. The highest BCUT2D eigenvalue weighted by Crippen LogP contribution is 2.36. The van der Waals surface area contributed by atoms with Crippen LogP contribution in [0.5, 0.6) is 0 Å². The summed E-state index contributed by atoms with van der Waals surface area (Å²) in [6, 6.07) is 0. The molecule has 0 amide bonds. The molecule has 2 nitrogen and oxygen atoms in total. The van der Waals surface area contributed by atoms with Crippen molar-refractivity contribution in [1.82, 2.24) is 0 Å². The molecule has 0 aromatic carbocycles. The van der Waals surface area contributed by atoms with E-state index in [0.717, 1.165) is 5.57 Å². The number of hydrogen-bond acceptors (Lipinski definition) is 2. The first-order valence-electron chi connectivity index (χ1n) is 5.67. The van der Waals surface area contributed by atoms with E-state index in [9.17, 15) is 9.90 Å². The van der Waals surface area contributed by atoms with E-state index in [1.54, 1.807) is 0 Å². The lowest BCUT2D eigenvalue weighted by atomic mass is 9.74. The normalized spacial score (nSPS) is 22.9. The molecule has 0 bridgehead atoms. The highest BCUT2D eigenvalue weighted by atomic mass is 16.3. The number of ketones is 1. The molecule has 2 heteroatoms. The molecule has 1 rings (SSSR count). The average molecular weight is 221 g/mol. The van der Waals surface area contributed by atoms with Crippen LogP contribution in [0.4, 0.5) is 0 Å². The lowest BCUT2D eigenvalue weighted by Gasteiger charge is -2.38. The fourth-order valence-electron chi connectivity index (χ4n) is 1.71. The van der Waals surface area contributed by atoms with Gasteiger partial charge in [-0.05, 0) is 28.6 Å². The Morgan fingerprint density at radius 1 is 1.00 bits per heavy atom. The highest BCUT2D eigenvalue weighted by molar-refractivity contribution is 5.98. The Labute approximate surface area is 98.1 Å². The van der Waals surface area contributed by atoms with E-state index < -0.39 is 6.10 Å². The van der Waals surface area contributed by atoms with E-state index in [1.807, 2.05) is 47.6 Å². The van der Waals surface area contributed by atoms with Crippen molar-refractivity contribution in [2.45, 2.75) is 47.6 Å². The third kappa shape index (κ3) is 2.62. The molecular weight excluding hydrogens is 200 g/mol. The van der Waals surface area contributed by atoms with Gasteiger partial charge < -0.3 is 5.11 Å². The molecule has 0 aromatic rings. The number of rotatable bonds is 0. The predicted molar refractivity (Wildman–Crippen MR) is 63.9 cm³/mol. The largest absolute Gasteiger partial charge is 0.843 e. The maximum absolute atomic E-state index is 11.9. The zero-order chi connectivity index (χ0) is 12.7. The topological polar surface area (TPSA) is 40.1 Å². The van der Waals surface area contributed by atoms with Crippen molar-refractivity contribution in [2.75, 3.05) is 0 Å². The van der Waals surface area contributed by atoms with Gasteiger partial charge in [-0.25, -0.2) is 0 Å². The molecule has 0 saturated carbocycles. The van der Waals surface area contributed by atoms with Gasteiger partial charge in [0.05, 0.1) is 0 Å². The van der Waals surface area contributed by atoms with Crippen LogP contribution in [0.1, 0.15) is 41.5 Å². The van der Waals surface area contributed by atoms with Crippen LogP contribution < -0.4 is 5.11 Å². The van der Waals surface area contributed by atoms with Crippen molar-refractivity contribution in [3.05, 3.63) is 23.3 Å². The molecule has 0 N–H and O–H groups in total. The predicted octanol–water partition coefficient (Wildman–Crippen LogP) is 2.24. The van der Waals surface area contributed by atoms with Gasteiger partial charge in [0, 0.05) is 0 Å². The summed E-state index contributed by atoms with van der Waals surface area (Å²) >= 11 is 0. The summed E-state index contributed by atoms with van der Waals surface area (Å²) in [6.45, 7) is 12.1. The highest BCUT2D eigenvalue weighted by Gasteiger charge is 2.28. The van der Waals surface area contributed by atoms with Crippen molar-refractivity contribution in [3.8, 4) is 0 Å². The molecule has 1 aliphatic rings. The molecule has 16 heavy (non-hydrogen) atoms. The van der Waals surface area contributed by atoms with Gasteiger partial charge >= 0.3 is 0 Å². The van der Waals surface area contributed by atoms with Crippen molar-refractivity contribution < 1.29 is 9.90 Å². The molecule has 1 unspecified atom stereocenters. The summed E-state index contributed by atoms with van der Waals surface area (Å²) in [5.41, 5.74) is 1.32. The van der Waals surface area contributed by atoms with Crippen LogP contribution in [-0.4, -0.2) is 11.9 Å². The zero-order valence-electron chi connectivity index (χ0n) is 11.0. The molecule has 0 aromatic heterocycles. The third-order valence-electron chi connectivity index (χ3n) is 2.88. The summed E-state index contributed by atoms with van der Waals surface area (Å²) in [7, 11) is 0. The Bertz CT molecular complexity index is 359. The van der Waals surface area contributed by atoms with E-state index in [4.69, 9.17) is 0 Å². The van der Waals surface area contributed by atoms with Gasteiger partial charge in [-0.2, -0.15) is 0 Å². The van der Waals surface area contributed by atoms with Crippen LogP contribution in [0.3, 0.4) is 0 Å². The second-order valence-electron chi connectivity index (χ2n) is 6.48. The summed E-state index contributed by atoms with van der Waals surface area (Å²) in [4.78, 5) is 11.7. The molecular formula is C14H21O2-. The number of hydrogen-bond donors (Lipinski definition) is 0. The first-order chi connectivity index (χ1) is 7.03. The van der Waals surface area contributed by atoms with Gasteiger partial charge in [-0.1, -0.05) is 53.2 Å². The minimum atomic E-state index is -1.22. The van der Waals surface area contributed by atoms with Crippen LogP contribution in [-0.2, 0) is 4.79 Å². The molecule has 0 aliphatic heterocycles. The Morgan fingerprint density at radius 3 is 1.88 bits per heavy atom. The first-order valence-corrected chi connectivity index (χ1v) is 5.67. The van der Waals surface area contributed by atoms with Crippen LogP contribution in [0.2, 0.25) is 0 Å². The van der Waals surface area contributed by atoms with E-state index in [2.05, 4.69) is 0 Å². The van der Waals surface area contributed by atoms with Gasteiger partial charge in [-0.15, -0.1) is 0 Å². The van der Waals surface area contributed by atoms with E-state index >= 15 is 0 Å². The lowest BCUT2D eigenvalue weighted by molar-refractivity contribution is -0.392. The van der Waals surface area contributed by atoms with Crippen LogP contribution in [0.25, 0.3) is 0 Å². The van der Waals surface area contributed by atoms with Gasteiger partial charge in [0.2, 0.25) is 0 Å². The van der Waals surface area contributed by atoms with Gasteiger partial charge in [0.15, 0.2) is 0 Å². The third-order valence-corrected chi connectivity index (χ3v) is 2.88. The van der Waals surface area contributed by atoms with E-state index in [0.29, 0.717) is 5.57 Å². The minimum absolute atomic E-state index is 0.0910. The lowest BCUT2D eigenvalue weighted by Crippen LogP contribution is -2.42. The molecule has 0 heterocycles. The fraction of sp³-hybridized carbons (Fsp3) is 0.643. The maximum atomic E-state index is 11.9. The number of carbonyl (C=O) groups is 1. The SMILES string of the molecule is CC(C)(C)C1=CC(=O)C([O-])C(C(C)(C)C)=C1. The second kappa shape index (κ2) is 3.85. The van der Waals surface area contributed by atoms with Gasteiger partial charge in [0.1, 0.15) is 5.78 Å². The molecule has 1 aliphatic carbocycles. The Hall–Kier alpha value is -0.890. The van der Waals surface area contributed by atoms with Gasteiger partial charge in [-0.3, -0.25) is 4.79 Å². The van der Waals surface area contributed by atoms with Crippen molar-refractivity contribution in [1.29, 1.82) is 0 Å². The molecule has 0 spiro atoms. The monoisotopic (exact) mass is 221 g/mol. The smallest absolute Gasteiger partial charge is 0.146 e. The van der Waals surface area contributed by atoms with Crippen LogP contribution >= 0.6 is 0 Å². The average Bonchev–Trinajstić information content (AvgIpc) is 2.05. The van der Waals surface area contributed by atoms with E-state index in [-0.39, 0.29) is 16.6 Å². The number of carbonyl (C=O) groups excluding carboxylic acids is 1. The van der Waals surface area contributed by atoms with Crippen molar-refractivity contribution in [2.24, 2.45) is 10.8 Å². The zero-order valence-corrected chi connectivity index (χ0v) is 11.0. The Kier molecular flexibility index (Phi) is 3.17. The minimum Gasteiger partial charge on any atom is -0.843 e. The molecule has 90 valence electrons. The quantitative estimate of drug-likeness (QED) is 0.629. The summed E-state index contributed by atoms with van der Waals surface area (Å²) in [6.07, 6.45) is 2.21. The van der Waals surface area contributed by atoms with E-state index in [1.165, 1.54) is 6.08 Å². The second-order valence-corrected chi connectivity index (χ2v) is 6.48. The van der Waals surface area contributed by atoms with Gasteiger partial charge in [0.25, 0.3) is 0 Å². The Morgan fingerprint density at radius 2 is 1.50 bits per heavy atom. The molecule has 1 atom stereocenters. The summed E-state index contributed by atoms with van der Waals surface area (Å²) in [5.74, 6) is -0.308. The van der Waals surface area contributed by atoms with Crippen molar-refractivity contribution >= 4 is 5.78 Å². The summed E-state index contributed by atoms with van der Waals surface area (Å²) in [5, 5.41) is 11.9. The molecule has 0 saturated heterocycles. The maximum Gasteiger partial charge on any atom is 0.146 e. The molecule has 0 fully saturated rings. The first kappa shape index (κ1) is 13.2. The standard InChI is InChI=1S/C14H21O2/c1-13(2,3)9-7-10(14(4,5)6)12(16)11(15)8-9/h7-8,12H,1-6H3/q-1. The van der Waals surface area contributed by atoms with Crippen molar-refractivity contribution in [3.63, 3.8) is 0 Å². The van der Waals surface area contributed by atoms with Crippen LogP contribution in [0.15, 0.2) is 23.3 Å². The van der Waals surface area contributed by atoms with Crippen LogP contribution in [0, 0.1) is 10.8 Å². The fourth-order valence-corrected chi connectivity index (χ4v) is 1.71. The summed E-state index contributed by atoms with van der Waals surface area (Å²) < 4.78 is 0.